The second-order valence-corrected chi connectivity index (χ2v) is 4.27. The SMILES string of the molecule is CC(C)(C)c1cc(F)ccc1OC(F)F. The standard InChI is InChI=1S/C11H13F3O/c1-11(2,3)8-6-7(12)4-5-9(8)15-10(13)14/h4-6,10H,1-3H3. The maximum atomic E-state index is 13.0. The highest BCUT2D eigenvalue weighted by Gasteiger charge is 2.21. The number of alkyl halides is 2. The van der Waals surface area contributed by atoms with Crippen LogP contribution in [-0.4, -0.2) is 6.61 Å². The van der Waals surface area contributed by atoms with Crippen LogP contribution in [0.2, 0.25) is 0 Å². The predicted octanol–water partition coefficient (Wildman–Crippen LogP) is 3.72. The summed E-state index contributed by atoms with van der Waals surface area (Å²) >= 11 is 0. The summed E-state index contributed by atoms with van der Waals surface area (Å²) in [7, 11) is 0. The molecule has 15 heavy (non-hydrogen) atoms. The van der Waals surface area contributed by atoms with Crippen molar-refractivity contribution in [3.63, 3.8) is 0 Å². The number of rotatable bonds is 2. The van der Waals surface area contributed by atoms with Crippen LogP contribution in [0.3, 0.4) is 0 Å². The lowest BCUT2D eigenvalue weighted by Crippen LogP contribution is -2.15. The van der Waals surface area contributed by atoms with Crippen molar-refractivity contribution in [3.05, 3.63) is 29.6 Å². The molecule has 0 radical (unpaired) electrons. The Bertz CT molecular complexity index is 342. The number of hydrogen-bond acceptors (Lipinski definition) is 1. The van der Waals surface area contributed by atoms with E-state index in [1.807, 2.05) is 0 Å². The van der Waals surface area contributed by atoms with Gasteiger partial charge in [-0.2, -0.15) is 8.78 Å². The molecule has 1 rings (SSSR count). The lowest BCUT2D eigenvalue weighted by molar-refractivity contribution is -0.0509. The van der Waals surface area contributed by atoms with Gasteiger partial charge >= 0.3 is 6.61 Å². The summed E-state index contributed by atoms with van der Waals surface area (Å²) in [6.07, 6.45) is 0. The van der Waals surface area contributed by atoms with Crippen LogP contribution in [0.5, 0.6) is 5.75 Å². The first-order chi connectivity index (χ1) is 6.80. The highest BCUT2D eigenvalue weighted by Crippen LogP contribution is 2.32. The Morgan fingerprint density at radius 2 is 1.80 bits per heavy atom. The third-order valence-corrected chi connectivity index (χ3v) is 1.97. The lowest BCUT2D eigenvalue weighted by atomic mass is 9.86. The quantitative estimate of drug-likeness (QED) is 0.735. The van der Waals surface area contributed by atoms with E-state index in [2.05, 4.69) is 4.74 Å². The Balaban J connectivity index is 3.15. The molecule has 4 heteroatoms. The molecule has 1 aromatic carbocycles. The van der Waals surface area contributed by atoms with Gasteiger partial charge in [-0.05, 0) is 23.6 Å². The van der Waals surface area contributed by atoms with E-state index >= 15 is 0 Å². The molecule has 0 saturated heterocycles. The van der Waals surface area contributed by atoms with Gasteiger partial charge in [0.1, 0.15) is 11.6 Å². The first-order valence-electron chi connectivity index (χ1n) is 4.55. The van der Waals surface area contributed by atoms with Crippen molar-refractivity contribution in [1.29, 1.82) is 0 Å². The van der Waals surface area contributed by atoms with Gasteiger partial charge in [0.05, 0.1) is 0 Å². The Kier molecular flexibility index (Phi) is 3.27. The van der Waals surface area contributed by atoms with Gasteiger partial charge in [-0.1, -0.05) is 20.8 Å². The van der Waals surface area contributed by atoms with Crippen LogP contribution in [0.15, 0.2) is 18.2 Å². The minimum absolute atomic E-state index is 0.0268. The van der Waals surface area contributed by atoms with E-state index in [-0.39, 0.29) is 5.75 Å². The van der Waals surface area contributed by atoms with Crippen LogP contribution < -0.4 is 4.74 Å². The van der Waals surface area contributed by atoms with Crippen molar-refractivity contribution in [1.82, 2.24) is 0 Å². The smallest absolute Gasteiger partial charge is 0.387 e. The third-order valence-electron chi connectivity index (χ3n) is 1.97. The monoisotopic (exact) mass is 218 g/mol. The molecule has 0 saturated carbocycles. The van der Waals surface area contributed by atoms with Gasteiger partial charge < -0.3 is 4.74 Å². The van der Waals surface area contributed by atoms with Crippen molar-refractivity contribution in [2.24, 2.45) is 0 Å². The normalized spacial score (nSPS) is 11.9. The van der Waals surface area contributed by atoms with Gasteiger partial charge in [-0.3, -0.25) is 0 Å². The fourth-order valence-corrected chi connectivity index (χ4v) is 1.29. The molecule has 1 aromatic rings. The van der Waals surface area contributed by atoms with Crippen LogP contribution in [0.1, 0.15) is 26.3 Å². The molecule has 0 aliphatic rings. The molecule has 0 bridgehead atoms. The average molecular weight is 218 g/mol. The van der Waals surface area contributed by atoms with Crippen molar-refractivity contribution in [2.75, 3.05) is 0 Å². The fraction of sp³-hybridized carbons (Fsp3) is 0.455. The molecular formula is C11H13F3O. The third kappa shape index (κ3) is 3.15. The van der Waals surface area contributed by atoms with Crippen LogP contribution in [0.4, 0.5) is 13.2 Å². The van der Waals surface area contributed by atoms with Crippen molar-refractivity contribution in [2.45, 2.75) is 32.8 Å². The zero-order valence-corrected chi connectivity index (χ0v) is 8.85. The molecule has 0 atom stereocenters. The maximum Gasteiger partial charge on any atom is 0.387 e. The molecular weight excluding hydrogens is 205 g/mol. The van der Waals surface area contributed by atoms with Crippen LogP contribution in [-0.2, 0) is 5.41 Å². The van der Waals surface area contributed by atoms with Crippen LogP contribution in [0.25, 0.3) is 0 Å². The van der Waals surface area contributed by atoms with Crippen molar-refractivity contribution < 1.29 is 17.9 Å². The zero-order valence-electron chi connectivity index (χ0n) is 8.85. The summed E-state index contributed by atoms with van der Waals surface area (Å²) in [5.74, 6) is -0.430. The minimum atomic E-state index is -2.89. The molecule has 0 spiro atoms. The molecule has 0 amide bonds. The summed E-state index contributed by atoms with van der Waals surface area (Å²) in [6, 6.07) is 3.55. The van der Waals surface area contributed by atoms with E-state index in [0.717, 1.165) is 6.07 Å². The van der Waals surface area contributed by atoms with Gasteiger partial charge in [0.2, 0.25) is 0 Å². The Labute approximate surface area is 86.9 Å². The second-order valence-electron chi connectivity index (χ2n) is 4.27. The zero-order chi connectivity index (χ0) is 11.6. The Hall–Kier alpha value is -1.19. The number of hydrogen-bond donors (Lipinski definition) is 0. The van der Waals surface area contributed by atoms with Crippen molar-refractivity contribution >= 4 is 0 Å². The average Bonchev–Trinajstić information content (AvgIpc) is 2.05. The molecule has 0 N–H and O–H groups in total. The van der Waals surface area contributed by atoms with Crippen LogP contribution in [0, 0.1) is 5.82 Å². The van der Waals surface area contributed by atoms with E-state index in [9.17, 15) is 13.2 Å². The van der Waals surface area contributed by atoms with Gasteiger partial charge in [0.25, 0.3) is 0 Å². The molecule has 0 fully saturated rings. The largest absolute Gasteiger partial charge is 0.435 e. The summed E-state index contributed by atoms with van der Waals surface area (Å²) in [6.45, 7) is 2.52. The van der Waals surface area contributed by atoms with Gasteiger partial charge in [0, 0.05) is 5.56 Å². The van der Waals surface area contributed by atoms with E-state index in [0.29, 0.717) is 5.56 Å². The molecule has 0 aromatic heterocycles. The van der Waals surface area contributed by atoms with Crippen LogP contribution >= 0.6 is 0 Å². The van der Waals surface area contributed by atoms with Gasteiger partial charge in [-0.15, -0.1) is 0 Å². The van der Waals surface area contributed by atoms with E-state index in [4.69, 9.17) is 0 Å². The number of benzene rings is 1. The minimum Gasteiger partial charge on any atom is -0.435 e. The predicted molar refractivity (Wildman–Crippen MR) is 51.7 cm³/mol. The molecule has 84 valence electrons. The lowest BCUT2D eigenvalue weighted by Gasteiger charge is -2.22. The second kappa shape index (κ2) is 4.13. The fourth-order valence-electron chi connectivity index (χ4n) is 1.29. The molecule has 0 unspecified atom stereocenters. The van der Waals surface area contributed by atoms with E-state index in [1.165, 1.54) is 12.1 Å². The highest BCUT2D eigenvalue weighted by molar-refractivity contribution is 5.38. The van der Waals surface area contributed by atoms with Gasteiger partial charge in [0.15, 0.2) is 0 Å². The molecule has 0 aliphatic carbocycles. The van der Waals surface area contributed by atoms with Crippen molar-refractivity contribution in [3.8, 4) is 5.75 Å². The Morgan fingerprint density at radius 1 is 1.20 bits per heavy atom. The topological polar surface area (TPSA) is 9.23 Å². The first-order valence-corrected chi connectivity index (χ1v) is 4.55. The van der Waals surface area contributed by atoms with E-state index < -0.39 is 17.8 Å². The highest BCUT2D eigenvalue weighted by atomic mass is 19.3. The summed E-state index contributed by atoms with van der Waals surface area (Å²) in [4.78, 5) is 0. The summed E-state index contributed by atoms with van der Waals surface area (Å²) in [5.41, 5.74) is -0.00502. The van der Waals surface area contributed by atoms with Gasteiger partial charge in [-0.25, -0.2) is 4.39 Å². The molecule has 0 heterocycles. The maximum absolute atomic E-state index is 13.0. The Morgan fingerprint density at radius 3 is 2.27 bits per heavy atom. The summed E-state index contributed by atoms with van der Waals surface area (Å²) < 4.78 is 41.4. The number of halogens is 3. The summed E-state index contributed by atoms with van der Waals surface area (Å²) in [5, 5.41) is 0. The first kappa shape index (κ1) is 11.9. The van der Waals surface area contributed by atoms with E-state index in [1.54, 1.807) is 20.8 Å². The molecule has 1 nitrogen and oxygen atoms in total. The number of ether oxygens (including phenoxy) is 1. The molecule has 0 aliphatic heterocycles.